The van der Waals surface area contributed by atoms with E-state index in [4.69, 9.17) is 4.74 Å². The van der Waals surface area contributed by atoms with Gasteiger partial charge in [0.1, 0.15) is 17.2 Å². The number of piperidine rings is 1. The summed E-state index contributed by atoms with van der Waals surface area (Å²) in [6.45, 7) is 5.43. The van der Waals surface area contributed by atoms with Crippen LogP contribution >= 0.6 is 0 Å². The monoisotopic (exact) mass is 416 g/mol. The molecule has 7 heteroatoms. The molecule has 2 aromatic rings. The highest BCUT2D eigenvalue weighted by Crippen LogP contribution is 2.35. The number of carbonyl (C=O) groups is 2. The van der Waals surface area contributed by atoms with Crippen molar-refractivity contribution in [3.8, 4) is 0 Å². The molecule has 160 valence electrons. The van der Waals surface area contributed by atoms with E-state index in [2.05, 4.69) is 5.32 Å². The maximum absolute atomic E-state index is 14.7. The molecule has 0 aromatic heterocycles. The van der Waals surface area contributed by atoms with Gasteiger partial charge in [-0.15, -0.1) is 0 Å². The first-order valence-electron chi connectivity index (χ1n) is 9.92. The first-order chi connectivity index (χ1) is 14.1. The van der Waals surface area contributed by atoms with Gasteiger partial charge in [-0.25, -0.2) is 13.6 Å². The average Bonchev–Trinajstić information content (AvgIpc) is 2.66. The number of ether oxygens (including phenoxy) is 1. The molecule has 30 heavy (non-hydrogen) atoms. The molecule has 2 aromatic carbocycles. The molecule has 1 aliphatic heterocycles. The van der Waals surface area contributed by atoms with Crippen LogP contribution in [0.4, 0.5) is 13.6 Å². The summed E-state index contributed by atoms with van der Waals surface area (Å²) in [4.78, 5) is 26.7. The Morgan fingerprint density at radius 1 is 1.17 bits per heavy atom. The van der Waals surface area contributed by atoms with Crippen molar-refractivity contribution in [2.45, 2.75) is 57.8 Å². The summed E-state index contributed by atoms with van der Waals surface area (Å²) in [7, 11) is 0. The third-order valence-electron chi connectivity index (χ3n) is 4.88. The SMILES string of the molecule is CC(C)(C)OC(=O)N[C@@H]1CCC(=O)N(Cc2ccccc2)[C@H]1c1cc(F)ccc1F. The van der Waals surface area contributed by atoms with E-state index in [0.717, 1.165) is 23.8 Å². The molecule has 0 radical (unpaired) electrons. The number of hydrogen-bond donors (Lipinski definition) is 1. The zero-order chi connectivity index (χ0) is 21.9. The van der Waals surface area contributed by atoms with Crippen LogP contribution in [-0.2, 0) is 16.1 Å². The summed E-state index contributed by atoms with van der Waals surface area (Å²) in [6.07, 6.45) is -0.187. The second-order valence-corrected chi connectivity index (χ2v) is 8.41. The Morgan fingerprint density at radius 3 is 2.53 bits per heavy atom. The topological polar surface area (TPSA) is 58.6 Å². The number of amides is 2. The summed E-state index contributed by atoms with van der Waals surface area (Å²) < 4.78 is 34.0. The lowest BCUT2D eigenvalue weighted by molar-refractivity contribution is -0.138. The summed E-state index contributed by atoms with van der Waals surface area (Å²) >= 11 is 0. The van der Waals surface area contributed by atoms with Crippen molar-refractivity contribution in [2.75, 3.05) is 0 Å². The number of rotatable bonds is 4. The van der Waals surface area contributed by atoms with Gasteiger partial charge in [0.15, 0.2) is 0 Å². The van der Waals surface area contributed by atoms with Crippen LogP contribution in [0.3, 0.4) is 0 Å². The molecule has 5 nitrogen and oxygen atoms in total. The lowest BCUT2D eigenvalue weighted by atomic mass is 9.89. The molecule has 1 N–H and O–H groups in total. The van der Waals surface area contributed by atoms with Crippen LogP contribution in [0.15, 0.2) is 48.5 Å². The molecule has 2 atom stereocenters. The summed E-state index contributed by atoms with van der Waals surface area (Å²) in [5, 5.41) is 2.76. The molecule has 0 spiro atoms. The zero-order valence-corrected chi connectivity index (χ0v) is 17.3. The number of likely N-dealkylation sites (tertiary alicyclic amines) is 1. The molecule has 2 amide bonds. The Hall–Kier alpha value is -2.96. The molecule has 0 aliphatic carbocycles. The molecule has 1 aliphatic rings. The smallest absolute Gasteiger partial charge is 0.407 e. The fourth-order valence-corrected chi connectivity index (χ4v) is 3.66. The minimum absolute atomic E-state index is 0.0278. The van der Waals surface area contributed by atoms with Gasteiger partial charge in [-0.1, -0.05) is 30.3 Å². The quantitative estimate of drug-likeness (QED) is 0.785. The average molecular weight is 416 g/mol. The Labute approximate surface area is 175 Å². The first-order valence-corrected chi connectivity index (χ1v) is 9.92. The van der Waals surface area contributed by atoms with E-state index in [0.29, 0.717) is 6.42 Å². The molecule has 3 rings (SSSR count). The van der Waals surface area contributed by atoms with Crippen LogP contribution in [0, 0.1) is 11.6 Å². The highest BCUT2D eigenvalue weighted by molar-refractivity contribution is 5.78. The van der Waals surface area contributed by atoms with Crippen molar-refractivity contribution >= 4 is 12.0 Å². The van der Waals surface area contributed by atoms with Crippen molar-refractivity contribution in [2.24, 2.45) is 0 Å². The molecule has 0 saturated carbocycles. The second-order valence-electron chi connectivity index (χ2n) is 8.41. The highest BCUT2D eigenvalue weighted by atomic mass is 19.1. The van der Waals surface area contributed by atoms with Gasteiger partial charge >= 0.3 is 6.09 Å². The van der Waals surface area contributed by atoms with Crippen molar-refractivity contribution in [3.05, 3.63) is 71.3 Å². The van der Waals surface area contributed by atoms with Gasteiger partial charge in [-0.3, -0.25) is 4.79 Å². The second kappa shape index (κ2) is 8.81. The van der Waals surface area contributed by atoms with Crippen LogP contribution in [-0.4, -0.2) is 28.5 Å². The number of hydrogen-bond acceptors (Lipinski definition) is 3. The maximum Gasteiger partial charge on any atom is 0.407 e. The third kappa shape index (κ3) is 5.34. The Kier molecular flexibility index (Phi) is 6.39. The van der Waals surface area contributed by atoms with Gasteiger partial charge in [0, 0.05) is 18.5 Å². The van der Waals surface area contributed by atoms with Gasteiger partial charge in [0.2, 0.25) is 5.91 Å². The van der Waals surface area contributed by atoms with Crippen LogP contribution in [0.2, 0.25) is 0 Å². The van der Waals surface area contributed by atoms with E-state index in [-0.39, 0.29) is 24.4 Å². The Balaban J connectivity index is 1.97. The number of nitrogens with zero attached hydrogens (tertiary/aromatic N) is 1. The molecular formula is C23H26F2N2O3. The molecule has 0 bridgehead atoms. The lowest BCUT2D eigenvalue weighted by Gasteiger charge is -2.42. The minimum atomic E-state index is -0.866. The van der Waals surface area contributed by atoms with Gasteiger partial charge in [-0.2, -0.15) is 0 Å². The summed E-state index contributed by atoms with van der Waals surface area (Å²) in [6, 6.07) is 10.9. The number of carbonyl (C=O) groups excluding carboxylic acids is 2. The van der Waals surface area contributed by atoms with Crippen LogP contribution < -0.4 is 5.32 Å². The van der Waals surface area contributed by atoms with Crippen LogP contribution in [0.5, 0.6) is 0 Å². The van der Waals surface area contributed by atoms with Crippen molar-refractivity contribution in [1.29, 1.82) is 0 Å². The fraction of sp³-hybridized carbons (Fsp3) is 0.391. The predicted molar refractivity (Wildman–Crippen MR) is 108 cm³/mol. The summed E-state index contributed by atoms with van der Waals surface area (Å²) in [5.74, 6) is -1.43. The molecule has 1 fully saturated rings. The van der Waals surface area contributed by atoms with E-state index in [1.807, 2.05) is 30.3 Å². The van der Waals surface area contributed by atoms with E-state index in [1.54, 1.807) is 20.8 Å². The number of alkyl carbamates (subject to hydrolysis) is 1. The van der Waals surface area contributed by atoms with Crippen molar-refractivity contribution in [3.63, 3.8) is 0 Å². The first kappa shape index (κ1) is 21.7. The molecule has 1 saturated heterocycles. The van der Waals surface area contributed by atoms with Crippen LogP contribution in [0.1, 0.15) is 50.8 Å². The number of halogens is 2. The van der Waals surface area contributed by atoms with Gasteiger partial charge in [-0.05, 0) is 51.0 Å². The highest BCUT2D eigenvalue weighted by Gasteiger charge is 2.39. The Bertz CT molecular complexity index is 912. The van der Waals surface area contributed by atoms with E-state index in [1.165, 1.54) is 4.90 Å². The number of nitrogens with one attached hydrogen (secondary N) is 1. The molecule has 1 heterocycles. The zero-order valence-electron chi connectivity index (χ0n) is 17.3. The third-order valence-corrected chi connectivity index (χ3v) is 4.88. The maximum atomic E-state index is 14.7. The minimum Gasteiger partial charge on any atom is -0.444 e. The largest absolute Gasteiger partial charge is 0.444 e. The van der Waals surface area contributed by atoms with Gasteiger partial charge in [0.25, 0.3) is 0 Å². The standard InChI is InChI=1S/C23H26F2N2O3/c1-23(2,3)30-22(29)26-19-11-12-20(28)27(14-15-7-5-4-6-8-15)21(19)17-13-16(24)9-10-18(17)25/h4-10,13,19,21H,11-12,14H2,1-3H3,(H,26,29)/t19-,21+/m1/s1. The van der Waals surface area contributed by atoms with E-state index < -0.39 is 35.4 Å². The van der Waals surface area contributed by atoms with Crippen molar-refractivity contribution in [1.82, 2.24) is 10.2 Å². The van der Waals surface area contributed by atoms with E-state index >= 15 is 0 Å². The predicted octanol–water partition coefficient (Wildman–Crippen LogP) is 4.72. The van der Waals surface area contributed by atoms with Gasteiger partial charge in [0.05, 0.1) is 12.1 Å². The van der Waals surface area contributed by atoms with Gasteiger partial charge < -0.3 is 15.0 Å². The van der Waals surface area contributed by atoms with Crippen molar-refractivity contribution < 1.29 is 23.1 Å². The Morgan fingerprint density at radius 2 is 1.87 bits per heavy atom. The summed E-state index contributed by atoms with van der Waals surface area (Å²) in [5.41, 5.74) is 0.170. The molecular weight excluding hydrogens is 390 g/mol. The lowest BCUT2D eigenvalue weighted by Crippen LogP contribution is -2.52. The van der Waals surface area contributed by atoms with Crippen LogP contribution in [0.25, 0.3) is 0 Å². The normalized spacial score (nSPS) is 19.5. The van der Waals surface area contributed by atoms with E-state index in [9.17, 15) is 18.4 Å². The fourth-order valence-electron chi connectivity index (χ4n) is 3.66. The number of benzene rings is 2. The molecule has 0 unspecified atom stereocenters.